The standard InChI is InChI=1S/C16H12N2S/c17-10-4-5-12-8-9-15-14(11-12)18-16(19-15)13-6-2-1-3-7-13/h1-3,6-9,11H,4-5H2. The fraction of sp³-hybridized carbons (Fsp3) is 0.125. The van der Waals surface area contributed by atoms with Crippen LogP contribution in [0.1, 0.15) is 12.0 Å². The van der Waals surface area contributed by atoms with Gasteiger partial charge >= 0.3 is 0 Å². The van der Waals surface area contributed by atoms with Crippen molar-refractivity contribution < 1.29 is 0 Å². The van der Waals surface area contributed by atoms with Gasteiger partial charge in [0.15, 0.2) is 0 Å². The average molecular weight is 264 g/mol. The summed E-state index contributed by atoms with van der Waals surface area (Å²) < 4.78 is 1.19. The number of nitrogens with zero attached hydrogens (tertiary/aromatic N) is 2. The van der Waals surface area contributed by atoms with E-state index >= 15 is 0 Å². The topological polar surface area (TPSA) is 36.7 Å². The van der Waals surface area contributed by atoms with Gasteiger partial charge in [-0.15, -0.1) is 11.3 Å². The van der Waals surface area contributed by atoms with Crippen molar-refractivity contribution in [1.29, 1.82) is 5.26 Å². The Hall–Kier alpha value is -2.18. The average Bonchev–Trinajstić information content (AvgIpc) is 2.89. The van der Waals surface area contributed by atoms with Crippen molar-refractivity contribution >= 4 is 21.6 Å². The summed E-state index contributed by atoms with van der Waals surface area (Å²) in [5, 5.41) is 9.68. The second kappa shape index (κ2) is 5.21. The predicted molar refractivity (Wildman–Crippen MR) is 79.0 cm³/mol. The predicted octanol–water partition coefficient (Wildman–Crippen LogP) is 4.42. The van der Waals surface area contributed by atoms with Crippen LogP contribution in [-0.4, -0.2) is 4.98 Å². The third-order valence-electron chi connectivity index (χ3n) is 3.00. The Bertz CT molecular complexity index is 738. The van der Waals surface area contributed by atoms with Crippen molar-refractivity contribution in [3.8, 4) is 16.6 Å². The van der Waals surface area contributed by atoms with Gasteiger partial charge in [-0.25, -0.2) is 4.98 Å². The maximum atomic E-state index is 8.63. The molecule has 0 N–H and O–H groups in total. The Morgan fingerprint density at radius 3 is 2.74 bits per heavy atom. The first kappa shape index (κ1) is 11.9. The number of benzene rings is 2. The minimum absolute atomic E-state index is 0.557. The van der Waals surface area contributed by atoms with E-state index in [0.29, 0.717) is 6.42 Å². The molecule has 2 nitrogen and oxygen atoms in total. The van der Waals surface area contributed by atoms with Gasteiger partial charge in [-0.1, -0.05) is 36.4 Å². The van der Waals surface area contributed by atoms with Crippen molar-refractivity contribution in [1.82, 2.24) is 4.98 Å². The van der Waals surface area contributed by atoms with Crippen molar-refractivity contribution in [2.45, 2.75) is 12.8 Å². The SMILES string of the molecule is N#CCCc1ccc2sc(-c3ccccc3)nc2c1. The molecule has 0 spiro atoms. The molecular weight excluding hydrogens is 252 g/mol. The lowest BCUT2D eigenvalue weighted by Gasteiger charge is -1.95. The van der Waals surface area contributed by atoms with Crippen LogP contribution in [0.25, 0.3) is 20.8 Å². The van der Waals surface area contributed by atoms with Crippen molar-refractivity contribution in [3.63, 3.8) is 0 Å². The summed E-state index contributed by atoms with van der Waals surface area (Å²) in [5.41, 5.74) is 3.36. The smallest absolute Gasteiger partial charge is 0.124 e. The first-order chi connectivity index (χ1) is 9.36. The van der Waals surface area contributed by atoms with Crippen molar-refractivity contribution in [3.05, 3.63) is 54.1 Å². The molecule has 1 heterocycles. The third kappa shape index (κ3) is 2.49. The van der Waals surface area contributed by atoms with Crippen LogP contribution in [0.4, 0.5) is 0 Å². The molecule has 0 unspecified atom stereocenters. The molecule has 0 saturated carbocycles. The van der Waals surface area contributed by atoms with E-state index in [1.165, 1.54) is 10.3 Å². The minimum atomic E-state index is 0.557. The first-order valence-electron chi connectivity index (χ1n) is 6.18. The van der Waals surface area contributed by atoms with E-state index in [1.807, 2.05) is 18.2 Å². The van der Waals surface area contributed by atoms with E-state index in [2.05, 4.69) is 41.4 Å². The second-order valence-electron chi connectivity index (χ2n) is 4.35. The van der Waals surface area contributed by atoms with E-state index in [0.717, 1.165) is 22.5 Å². The number of hydrogen-bond acceptors (Lipinski definition) is 3. The van der Waals surface area contributed by atoms with Crippen LogP contribution in [0.5, 0.6) is 0 Å². The number of fused-ring (bicyclic) bond motifs is 1. The Morgan fingerprint density at radius 2 is 1.95 bits per heavy atom. The summed E-state index contributed by atoms with van der Waals surface area (Å²) in [7, 11) is 0. The third-order valence-corrected chi connectivity index (χ3v) is 4.08. The van der Waals surface area contributed by atoms with E-state index in [-0.39, 0.29) is 0 Å². The number of thiazole rings is 1. The van der Waals surface area contributed by atoms with Crippen LogP contribution >= 0.6 is 11.3 Å². The van der Waals surface area contributed by atoms with Gasteiger partial charge in [-0.2, -0.15) is 5.26 Å². The van der Waals surface area contributed by atoms with Crippen LogP contribution in [-0.2, 0) is 6.42 Å². The number of nitriles is 1. The molecule has 0 atom stereocenters. The molecule has 0 aliphatic heterocycles. The Balaban J connectivity index is 2.00. The molecule has 0 amide bonds. The van der Waals surface area contributed by atoms with Crippen molar-refractivity contribution in [2.75, 3.05) is 0 Å². The zero-order chi connectivity index (χ0) is 13.1. The van der Waals surface area contributed by atoms with Crippen LogP contribution < -0.4 is 0 Å². The van der Waals surface area contributed by atoms with E-state index in [9.17, 15) is 0 Å². The molecule has 92 valence electrons. The number of aryl methyl sites for hydroxylation is 1. The highest BCUT2D eigenvalue weighted by atomic mass is 32.1. The van der Waals surface area contributed by atoms with Crippen LogP contribution in [0.15, 0.2) is 48.5 Å². The van der Waals surface area contributed by atoms with E-state index < -0.39 is 0 Å². The Kier molecular flexibility index (Phi) is 3.26. The molecule has 0 saturated heterocycles. The van der Waals surface area contributed by atoms with E-state index in [1.54, 1.807) is 11.3 Å². The Labute approximate surface area is 116 Å². The van der Waals surface area contributed by atoms with Gasteiger partial charge in [0.2, 0.25) is 0 Å². The quantitative estimate of drug-likeness (QED) is 0.702. The summed E-state index contributed by atoms with van der Waals surface area (Å²) in [6, 6.07) is 18.7. The first-order valence-corrected chi connectivity index (χ1v) is 7.00. The van der Waals surface area contributed by atoms with E-state index in [4.69, 9.17) is 5.26 Å². The highest BCUT2D eigenvalue weighted by Gasteiger charge is 2.06. The summed E-state index contributed by atoms with van der Waals surface area (Å²) in [4.78, 5) is 4.69. The van der Waals surface area contributed by atoms with Gasteiger partial charge in [-0.05, 0) is 24.1 Å². The normalized spacial score (nSPS) is 10.5. The molecule has 19 heavy (non-hydrogen) atoms. The molecule has 0 aliphatic carbocycles. The maximum Gasteiger partial charge on any atom is 0.124 e. The number of rotatable bonds is 3. The largest absolute Gasteiger partial charge is 0.236 e. The summed E-state index contributed by atoms with van der Waals surface area (Å²) in [5.74, 6) is 0. The van der Waals surface area contributed by atoms with Gasteiger partial charge in [0, 0.05) is 12.0 Å². The van der Waals surface area contributed by atoms with Gasteiger partial charge in [0.25, 0.3) is 0 Å². The summed E-state index contributed by atoms with van der Waals surface area (Å²) in [6.45, 7) is 0. The van der Waals surface area contributed by atoms with Gasteiger partial charge < -0.3 is 0 Å². The van der Waals surface area contributed by atoms with Crippen LogP contribution in [0, 0.1) is 11.3 Å². The molecule has 0 radical (unpaired) electrons. The molecule has 0 aliphatic rings. The molecule has 2 aromatic carbocycles. The zero-order valence-electron chi connectivity index (χ0n) is 10.3. The number of aromatic nitrogens is 1. The number of hydrogen-bond donors (Lipinski definition) is 0. The molecule has 0 fully saturated rings. The molecule has 3 aromatic rings. The second-order valence-corrected chi connectivity index (χ2v) is 5.38. The van der Waals surface area contributed by atoms with Crippen LogP contribution in [0.2, 0.25) is 0 Å². The highest BCUT2D eigenvalue weighted by Crippen LogP contribution is 2.30. The summed E-state index contributed by atoms with van der Waals surface area (Å²) in [6.07, 6.45) is 1.35. The monoisotopic (exact) mass is 264 g/mol. The zero-order valence-corrected chi connectivity index (χ0v) is 11.2. The molecule has 3 rings (SSSR count). The minimum Gasteiger partial charge on any atom is -0.236 e. The van der Waals surface area contributed by atoms with Gasteiger partial charge in [0.1, 0.15) is 5.01 Å². The maximum absolute atomic E-state index is 8.63. The lowest BCUT2D eigenvalue weighted by molar-refractivity contribution is 1.01. The van der Waals surface area contributed by atoms with Gasteiger partial charge in [0.05, 0.1) is 16.3 Å². The molecule has 0 bridgehead atoms. The highest BCUT2D eigenvalue weighted by molar-refractivity contribution is 7.21. The molecular formula is C16H12N2S. The Morgan fingerprint density at radius 1 is 1.11 bits per heavy atom. The van der Waals surface area contributed by atoms with Gasteiger partial charge in [-0.3, -0.25) is 0 Å². The lowest BCUT2D eigenvalue weighted by Crippen LogP contribution is -1.82. The molecule has 1 aromatic heterocycles. The van der Waals surface area contributed by atoms with Crippen molar-refractivity contribution in [2.24, 2.45) is 0 Å². The fourth-order valence-electron chi connectivity index (χ4n) is 2.03. The fourth-order valence-corrected chi connectivity index (χ4v) is 2.98. The van der Waals surface area contributed by atoms with Crippen LogP contribution in [0.3, 0.4) is 0 Å². The molecule has 3 heteroatoms. The summed E-state index contributed by atoms with van der Waals surface area (Å²) >= 11 is 1.71. The lowest BCUT2D eigenvalue weighted by atomic mass is 10.1.